The molecule has 0 aliphatic heterocycles. The summed E-state index contributed by atoms with van der Waals surface area (Å²) in [5.41, 5.74) is 0. The molecule has 1 unspecified atom stereocenters. The van der Waals surface area contributed by atoms with Crippen LogP contribution in [0.25, 0.3) is 0 Å². The van der Waals surface area contributed by atoms with Gasteiger partial charge in [0.1, 0.15) is 0 Å². The zero-order valence-electron chi connectivity index (χ0n) is 9.99. The summed E-state index contributed by atoms with van der Waals surface area (Å²) in [7, 11) is -8.67. The van der Waals surface area contributed by atoms with Gasteiger partial charge in [-0.2, -0.15) is 26.3 Å². The predicted octanol–water partition coefficient (Wildman–Crippen LogP) is 6.05. The summed E-state index contributed by atoms with van der Waals surface area (Å²) in [5, 5.41) is -0.998. The van der Waals surface area contributed by atoms with Crippen LogP contribution in [0.15, 0.2) is 21.9 Å². The molecule has 0 saturated carbocycles. The van der Waals surface area contributed by atoms with Gasteiger partial charge in [0, 0.05) is 18.9 Å². The summed E-state index contributed by atoms with van der Waals surface area (Å²) >= 11 is 10.8. The van der Waals surface area contributed by atoms with E-state index in [9.17, 15) is 30.6 Å². The molecule has 0 spiro atoms. The third kappa shape index (κ3) is 3.64. The molecule has 22 heavy (non-hydrogen) atoms. The van der Waals surface area contributed by atoms with Crippen molar-refractivity contribution in [2.24, 2.45) is 0 Å². The minimum atomic E-state index is -4.98. The standard InChI is InChI=1S/C9H6Cl2F6O2S3/c10-3-1-2-4(6(5(3)11)20-7(12)13)22(8(14)15,9(16)17)21(18)19/h1-2,7-9H,(H,18,19). The third-order valence-electron chi connectivity index (χ3n) is 2.33. The largest absolute Gasteiger partial charge is 0.298 e. The van der Waals surface area contributed by atoms with Crippen LogP contribution in [0.2, 0.25) is 10.0 Å². The lowest BCUT2D eigenvalue weighted by atomic mass is 10.3. The maximum atomic E-state index is 13.2. The average molecular weight is 427 g/mol. The van der Waals surface area contributed by atoms with Crippen molar-refractivity contribution in [3.05, 3.63) is 22.2 Å². The van der Waals surface area contributed by atoms with Gasteiger partial charge in [-0.1, -0.05) is 35.0 Å². The Morgan fingerprint density at radius 2 is 1.59 bits per heavy atom. The van der Waals surface area contributed by atoms with Crippen molar-refractivity contribution in [1.82, 2.24) is 0 Å². The number of benzene rings is 1. The molecule has 1 aromatic rings. The molecule has 128 valence electrons. The normalized spacial score (nSPS) is 14.9. The van der Waals surface area contributed by atoms with Crippen LogP contribution < -0.4 is 0 Å². The van der Waals surface area contributed by atoms with Crippen molar-refractivity contribution in [3.63, 3.8) is 0 Å². The van der Waals surface area contributed by atoms with Gasteiger partial charge in [0.15, 0.2) is 0 Å². The summed E-state index contributed by atoms with van der Waals surface area (Å²) < 4.78 is 98.3. The lowest BCUT2D eigenvalue weighted by Gasteiger charge is -2.35. The van der Waals surface area contributed by atoms with Crippen molar-refractivity contribution in [1.29, 1.82) is 0 Å². The third-order valence-corrected chi connectivity index (χ3v) is 9.60. The van der Waals surface area contributed by atoms with E-state index in [1.54, 1.807) is 0 Å². The Bertz CT molecular complexity index is 567. The Kier molecular flexibility index (Phi) is 7.21. The minimum Gasteiger partial charge on any atom is -0.298 e. The zero-order chi connectivity index (χ0) is 17.2. The molecule has 2 nitrogen and oxygen atoms in total. The van der Waals surface area contributed by atoms with Crippen LogP contribution in [0.5, 0.6) is 0 Å². The number of halogens is 8. The van der Waals surface area contributed by atoms with E-state index >= 15 is 0 Å². The van der Waals surface area contributed by atoms with E-state index in [1.165, 1.54) is 0 Å². The minimum absolute atomic E-state index is 0.339. The first-order chi connectivity index (χ1) is 10.1. The van der Waals surface area contributed by atoms with Crippen LogP contribution in [-0.4, -0.2) is 26.0 Å². The highest BCUT2D eigenvalue weighted by molar-refractivity contribution is 8.86. The van der Waals surface area contributed by atoms with E-state index in [4.69, 9.17) is 27.8 Å². The smallest absolute Gasteiger partial charge is 0.289 e. The zero-order valence-corrected chi connectivity index (χ0v) is 14.0. The van der Waals surface area contributed by atoms with Gasteiger partial charge in [-0.25, -0.2) is 4.21 Å². The topological polar surface area (TPSA) is 37.3 Å². The molecule has 0 fully saturated rings. The van der Waals surface area contributed by atoms with Gasteiger partial charge < -0.3 is 0 Å². The molecule has 1 aromatic carbocycles. The molecule has 0 amide bonds. The molecule has 1 N–H and O–H groups in total. The Morgan fingerprint density at radius 1 is 1.09 bits per heavy atom. The molecule has 0 bridgehead atoms. The molecule has 0 heterocycles. The second-order valence-electron chi connectivity index (χ2n) is 3.45. The highest BCUT2D eigenvalue weighted by Crippen LogP contribution is 2.70. The molecule has 0 radical (unpaired) electrons. The van der Waals surface area contributed by atoms with Crippen molar-refractivity contribution < 1.29 is 35.1 Å². The highest BCUT2D eigenvalue weighted by atomic mass is 35.5. The number of rotatable bonds is 6. The van der Waals surface area contributed by atoms with Crippen molar-refractivity contribution in [2.75, 3.05) is 0 Å². The first-order valence-corrected chi connectivity index (χ1v) is 10.00. The lowest BCUT2D eigenvalue weighted by Crippen LogP contribution is -2.23. The van der Waals surface area contributed by atoms with Crippen LogP contribution in [-0.2, 0) is 10.1 Å². The van der Waals surface area contributed by atoms with Crippen molar-refractivity contribution >= 4 is 54.1 Å². The molecule has 0 aromatic heterocycles. The Labute approximate surface area is 138 Å². The second-order valence-corrected chi connectivity index (χ2v) is 10.6. The molecule has 0 saturated heterocycles. The van der Waals surface area contributed by atoms with Gasteiger partial charge in [0.05, 0.1) is 10.0 Å². The highest BCUT2D eigenvalue weighted by Gasteiger charge is 2.52. The molecule has 1 rings (SSSR count). The van der Waals surface area contributed by atoms with E-state index in [2.05, 4.69) is 0 Å². The van der Waals surface area contributed by atoms with E-state index in [1.807, 2.05) is 0 Å². The van der Waals surface area contributed by atoms with Gasteiger partial charge in [-0.15, -0.1) is 0 Å². The number of thioether (sulfide) groups is 1. The fourth-order valence-electron chi connectivity index (χ4n) is 1.44. The maximum Gasteiger partial charge on any atom is 0.289 e. The summed E-state index contributed by atoms with van der Waals surface area (Å²) in [4.78, 5) is -1.94. The number of hydrogen-bond donors (Lipinski definition) is 1. The first kappa shape index (κ1) is 20.2. The van der Waals surface area contributed by atoms with Crippen LogP contribution >= 0.6 is 44.0 Å². The van der Waals surface area contributed by atoms with E-state index in [-0.39, 0.29) is 5.02 Å². The maximum absolute atomic E-state index is 13.2. The molecular weight excluding hydrogens is 421 g/mol. The van der Waals surface area contributed by atoms with Crippen LogP contribution in [0, 0.1) is 0 Å². The predicted molar refractivity (Wildman–Crippen MR) is 77.0 cm³/mol. The molecular formula is C9H6Cl2F6O2S3. The summed E-state index contributed by atoms with van der Waals surface area (Å²) in [6.07, 6.45) is 0. The lowest BCUT2D eigenvalue weighted by molar-refractivity contribution is 0.209. The van der Waals surface area contributed by atoms with Crippen molar-refractivity contribution in [3.8, 4) is 0 Å². The van der Waals surface area contributed by atoms with Gasteiger partial charge in [-0.05, 0) is 12.1 Å². The van der Waals surface area contributed by atoms with Crippen LogP contribution in [0.3, 0.4) is 0 Å². The van der Waals surface area contributed by atoms with Gasteiger partial charge >= 0.3 is 0 Å². The van der Waals surface area contributed by atoms with Gasteiger partial charge in [0.25, 0.3) is 17.3 Å². The van der Waals surface area contributed by atoms with E-state index in [0.29, 0.717) is 6.07 Å². The van der Waals surface area contributed by atoms with Crippen molar-refractivity contribution in [2.45, 2.75) is 27.1 Å². The summed E-state index contributed by atoms with van der Waals surface area (Å²) in [6.45, 7) is 0. The monoisotopic (exact) mass is 426 g/mol. The average Bonchev–Trinajstić information content (AvgIpc) is 2.36. The second kappa shape index (κ2) is 7.84. The molecule has 1 atom stereocenters. The molecule has 0 aliphatic carbocycles. The number of hydrogen-bond acceptors (Lipinski definition) is 2. The van der Waals surface area contributed by atoms with E-state index < -0.39 is 63.0 Å². The Hall–Kier alpha value is 0.190. The number of alkyl halides is 6. The summed E-state index contributed by atoms with van der Waals surface area (Å²) in [5.74, 6) is -11.1. The van der Waals surface area contributed by atoms with Crippen LogP contribution in [0.4, 0.5) is 26.3 Å². The fraction of sp³-hybridized carbons (Fsp3) is 0.333. The van der Waals surface area contributed by atoms with Gasteiger partial charge in [-0.3, -0.25) is 4.55 Å². The molecule has 13 heteroatoms. The van der Waals surface area contributed by atoms with E-state index in [0.717, 1.165) is 6.07 Å². The first-order valence-electron chi connectivity index (χ1n) is 4.98. The molecule has 0 aliphatic rings. The SMILES string of the molecule is O=S(O)S(c1ccc(Cl)c(Cl)c1SC(F)F)(C(F)F)C(F)F. The summed E-state index contributed by atoms with van der Waals surface area (Å²) in [6, 6.07) is 1.43. The Morgan fingerprint density at radius 3 is 1.95 bits per heavy atom. The quantitative estimate of drug-likeness (QED) is 0.260. The van der Waals surface area contributed by atoms with Gasteiger partial charge in [0.2, 0.25) is 10.1 Å². The van der Waals surface area contributed by atoms with Crippen LogP contribution in [0.1, 0.15) is 0 Å². The Balaban J connectivity index is 3.76. The fourth-order valence-corrected chi connectivity index (χ4v) is 6.53.